The zero-order valence-electron chi connectivity index (χ0n) is 19.5. The van der Waals surface area contributed by atoms with Crippen LogP contribution in [-0.4, -0.2) is 71.3 Å². The molecular formula is C26H27N5O3S. The molecule has 1 atom stereocenters. The van der Waals surface area contributed by atoms with Crippen LogP contribution in [0.3, 0.4) is 0 Å². The van der Waals surface area contributed by atoms with E-state index >= 15 is 0 Å². The minimum absolute atomic E-state index is 0.0102. The van der Waals surface area contributed by atoms with Crippen LogP contribution < -0.4 is 10.2 Å². The number of amides is 3. The molecule has 5 rings (SSSR count). The van der Waals surface area contributed by atoms with Gasteiger partial charge in [-0.2, -0.15) is 0 Å². The number of benzene rings is 2. The number of hydrogen-bond acceptors (Lipinski definition) is 6. The molecule has 1 N–H and O–H groups in total. The van der Waals surface area contributed by atoms with E-state index in [9.17, 15) is 14.4 Å². The number of rotatable bonds is 5. The summed E-state index contributed by atoms with van der Waals surface area (Å²) in [6.07, 6.45) is 2.13. The minimum atomic E-state index is -0.115. The maximum absolute atomic E-state index is 12.9. The van der Waals surface area contributed by atoms with E-state index in [0.29, 0.717) is 31.1 Å². The van der Waals surface area contributed by atoms with Crippen molar-refractivity contribution >= 4 is 40.4 Å². The molecule has 3 heterocycles. The lowest BCUT2D eigenvalue weighted by Gasteiger charge is -2.37. The van der Waals surface area contributed by atoms with Gasteiger partial charge in [-0.15, -0.1) is 11.3 Å². The smallest absolute Gasteiger partial charge is 0.282 e. The standard InChI is InChI=1S/C26H27N5O3S/c1-18(32)28-23-5-3-2-4-22(23)19-6-8-20(9-7-19)31-17-21(16-24(31)33)29-11-13-30(14-12-29)26(34)25-27-10-15-35-25/h2-10,15,21H,11-14,16-17H2,1H3,(H,28,32). The summed E-state index contributed by atoms with van der Waals surface area (Å²) in [6.45, 7) is 4.93. The summed E-state index contributed by atoms with van der Waals surface area (Å²) in [5.74, 6) is -0.0113. The van der Waals surface area contributed by atoms with Gasteiger partial charge in [0, 0.05) is 80.6 Å². The molecule has 0 bridgehead atoms. The first-order valence-corrected chi connectivity index (χ1v) is 12.6. The molecule has 0 saturated carbocycles. The Labute approximate surface area is 208 Å². The maximum atomic E-state index is 12.9. The summed E-state index contributed by atoms with van der Waals surface area (Å²) < 4.78 is 0. The van der Waals surface area contributed by atoms with Gasteiger partial charge in [-0.25, -0.2) is 4.98 Å². The summed E-state index contributed by atoms with van der Waals surface area (Å²) in [4.78, 5) is 47.1. The molecule has 2 aliphatic heterocycles. The van der Waals surface area contributed by atoms with Gasteiger partial charge < -0.3 is 15.1 Å². The molecule has 2 aliphatic rings. The van der Waals surface area contributed by atoms with Crippen LogP contribution in [0.5, 0.6) is 0 Å². The quantitative estimate of drug-likeness (QED) is 0.594. The fourth-order valence-electron chi connectivity index (χ4n) is 4.79. The highest BCUT2D eigenvalue weighted by molar-refractivity contribution is 7.11. The van der Waals surface area contributed by atoms with Crippen molar-refractivity contribution in [1.29, 1.82) is 0 Å². The number of aromatic nitrogens is 1. The molecule has 180 valence electrons. The lowest BCUT2D eigenvalue weighted by molar-refractivity contribution is -0.117. The number of thiazole rings is 1. The first-order chi connectivity index (χ1) is 17.0. The average Bonchev–Trinajstić information content (AvgIpc) is 3.54. The predicted molar refractivity (Wildman–Crippen MR) is 137 cm³/mol. The SMILES string of the molecule is CC(=O)Nc1ccccc1-c1ccc(N2CC(N3CCN(C(=O)c4nccs4)CC3)CC2=O)cc1. The first kappa shape index (κ1) is 23.2. The molecule has 9 heteroatoms. The van der Waals surface area contributed by atoms with E-state index in [-0.39, 0.29) is 23.8 Å². The third kappa shape index (κ3) is 4.96. The second kappa shape index (κ2) is 9.97. The number of nitrogens with one attached hydrogen (secondary N) is 1. The van der Waals surface area contributed by atoms with Crippen molar-refractivity contribution in [2.45, 2.75) is 19.4 Å². The molecule has 1 unspecified atom stereocenters. The highest BCUT2D eigenvalue weighted by Gasteiger charge is 2.36. The largest absolute Gasteiger partial charge is 0.334 e. The summed E-state index contributed by atoms with van der Waals surface area (Å²) in [7, 11) is 0. The van der Waals surface area contributed by atoms with Gasteiger partial charge in [-0.05, 0) is 23.8 Å². The maximum Gasteiger partial charge on any atom is 0.282 e. The van der Waals surface area contributed by atoms with Crippen LogP contribution in [0.4, 0.5) is 11.4 Å². The van der Waals surface area contributed by atoms with Crippen molar-refractivity contribution < 1.29 is 14.4 Å². The zero-order chi connectivity index (χ0) is 24.4. The van der Waals surface area contributed by atoms with Gasteiger partial charge in [0.2, 0.25) is 11.8 Å². The molecule has 0 aliphatic carbocycles. The fraction of sp³-hybridized carbons (Fsp3) is 0.308. The lowest BCUT2D eigenvalue weighted by atomic mass is 10.0. The molecule has 2 aromatic carbocycles. The fourth-order valence-corrected chi connectivity index (χ4v) is 5.39. The molecule has 3 aromatic rings. The number of carbonyl (C=O) groups is 3. The Hall–Kier alpha value is -3.56. The third-order valence-electron chi connectivity index (χ3n) is 6.57. The van der Waals surface area contributed by atoms with Crippen molar-refractivity contribution in [3.8, 4) is 11.1 Å². The summed E-state index contributed by atoms with van der Waals surface area (Å²) in [5, 5.41) is 5.22. The van der Waals surface area contributed by atoms with Crippen molar-refractivity contribution in [2.24, 2.45) is 0 Å². The Morgan fingerprint density at radius 1 is 1.03 bits per heavy atom. The van der Waals surface area contributed by atoms with Crippen LogP contribution in [-0.2, 0) is 9.59 Å². The van der Waals surface area contributed by atoms with Gasteiger partial charge in [0.25, 0.3) is 5.91 Å². The average molecular weight is 490 g/mol. The zero-order valence-corrected chi connectivity index (χ0v) is 20.3. The molecule has 1 aromatic heterocycles. The molecule has 2 fully saturated rings. The van der Waals surface area contributed by atoms with Crippen LogP contribution in [0.15, 0.2) is 60.1 Å². The van der Waals surface area contributed by atoms with Crippen LogP contribution in [0, 0.1) is 0 Å². The van der Waals surface area contributed by atoms with E-state index in [4.69, 9.17) is 0 Å². The summed E-state index contributed by atoms with van der Waals surface area (Å²) >= 11 is 1.37. The van der Waals surface area contributed by atoms with Gasteiger partial charge in [-0.1, -0.05) is 30.3 Å². The number of nitrogens with zero attached hydrogens (tertiary/aromatic N) is 4. The van der Waals surface area contributed by atoms with Gasteiger partial charge in [0.1, 0.15) is 0 Å². The molecule has 0 spiro atoms. The van der Waals surface area contributed by atoms with Crippen molar-refractivity contribution in [2.75, 3.05) is 42.9 Å². The monoisotopic (exact) mass is 489 g/mol. The number of para-hydroxylation sites is 1. The molecule has 2 saturated heterocycles. The topological polar surface area (TPSA) is 85.8 Å². The Balaban J connectivity index is 1.22. The summed E-state index contributed by atoms with van der Waals surface area (Å²) in [6, 6.07) is 15.7. The molecule has 0 radical (unpaired) electrons. The van der Waals surface area contributed by atoms with E-state index in [2.05, 4.69) is 15.2 Å². The Morgan fingerprint density at radius 3 is 2.46 bits per heavy atom. The van der Waals surface area contributed by atoms with Crippen molar-refractivity contribution in [1.82, 2.24) is 14.8 Å². The van der Waals surface area contributed by atoms with E-state index in [1.807, 2.05) is 63.7 Å². The van der Waals surface area contributed by atoms with Gasteiger partial charge in [0.15, 0.2) is 5.01 Å². The second-order valence-electron chi connectivity index (χ2n) is 8.80. The Kier molecular flexibility index (Phi) is 6.61. The highest BCUT2D eigenvalue weighted by atomic mass is 32.1. The normalized spacial score (nSPS) is 18.7. The van der Waals surface area contributed by atoms with Crippen LogP contribution in [0.1, 0.15) is 23.1 Å². The summed E-state index contributed by atoms with van der Waals surface area (Å²) in [5.41, 5.74) is 3.54. The van der Waals surface area contributed by atoms with Gasteiger partial charge in [0.05, 0.1) is 0 Å². The lowest BCUT2D eigenvalue weighted by Crippen LogP contribution is -2.52. The Bertz CT molecular complexity index is 1220. The minimum Gasteiger partial charge on any atom is -0.334 e. The van der Waals surface area contributed by atoms with Gasteiger partial charge >= 0.3 is 0 Å². The van der Waals surface area contributed by atoms with E-state index in [1.54, 1.807) is 6.20 Å². The number of piperazine rings is 1. The number of hydrogen-bond donors (Lipinski definition) is 1. The van der Waals surface area contributed by atoms with E-state index < -0.39 is 0 Å². The molecule has 3 amide bonds. The third-order valence-corrected chi connectivity index (χ3v) is 7.33. The van der Waals surface area contributed by atoms with Crippen LogP contribution >= 0.6 is 11.3 Å². The second-order valence-corrected chi connectivity index (χ2v) is 9.70. The first-order valence-electron chi connectivity index (χ1n) is 11.7. The number of anilines is 2. The molecule has 8 nitrogen and oxygen atoms in total. The van der Waals surface area contributed by atoms with Gasteiger partial charge in [-0.3, -0.25) is 19.3 Å². The van der Waals surface area contributed by atoms with Crippen molar-refractivity contribution in [3.05, 3.63) is 65.1 Å². The highest BCUT2D eigenvalue weighted by Crippen LogP contribution is 2.31. The number of carbonyl (C=O) groups excluding carboxylic acids is 3. The van der Waals surface area contributed by atoms with E-state index in [0.717, 1.165) is 35.6 Å². The molecule has 35 heavy (non-hydrogen) atoms. The van der Waals surface area contributed by atoms with Crippen LogP contribution in [0.2, 0.25) is 0 Å². The molecular weight excluding hydrogens is 462 g/mol. The predicted octanol–water partition coefficient (Wildman–Crippen LogP) is 3.33. The van der Waals surface area contributed by atoms with Crippen LogP contribution in [0.25, 0.3) is 11.1 Å². The van der Waals surface area contributed by atoms with Crippen molar-refractivity contribution in [3.63, 3.8) is 0 Å². The van der Waals surface area contributed by atoms with E-state index in [1.165, 1.54) is 18.3 Å². The Morgan fingerprint density at radius 2 is 1.77 bits per heavy atom.